The van der Waals surface area contributed by atoms with Crippen LogP contribution in [0.1, 0.15) is 5.56 Å². The number of nitrogens with one attached hydrogen (secondary N) is 1. The molecular weight excluding hydrogens is 352 g/mol. The number of hydrogen-bond donors (Lipinski definition) is 1. The van der Waals surface area contributed by atoms with Crippen LogP contribution in [0.15, 0.2) is 79.3 Å². The lowest BCUT2D eigenvalue weighted by atomic mass is 10.1. The minimum atomic E-state index is -0.204. The summed E-state index contributed by atoms with van der Waals surface area (Å²) in [7, 11) is 1.62. The summed E-state index contributed by atoms with van der Waals surface area (Å²) in [6, 6.07) is 16.9. The number of carbonyl (C=O) groups is 1. The lowest BCUT2D eigenvalue weighted by molar-refractivity contribution is -0.111. The number of benzene rings is 2. The Kier molecular flexibility index (Phi) is 4.84. The lowest BCUT2D eigenvalue weighted by Gasteiger charge is -2.04. The number of ether oxygens (including phenoxy) is 1. The maximum absolute atomic E-state index is 12.2. The zero-order valence-electron chi connectivity index (χ0n) is 15.2. The van der Waals surface area contributed by atoms with Crippen LogP contribution in [-0.4, -0.2) is 27.4 Å². The molecule has 1 N–H and O–H groups in total. The topological polar surface area (TPSA) is 68.5 Å². The van der Waals surface area contributed by atoms with Gasteiger partial charge in [-0.05, 0) is 42.0 Å². The van der Waals surface area contributed by atoms with E-state index in [1.807, 2.05) is 71.4 Å². The molecule has 2 aromatic carbocycles. The van der Waals surface area contributed by atoms with E-state index in [1.165, 1.54) is 6.08 Å². The Balaban J connectivity index is 1.48. The van der Waals surface area contributed by atoms with E-state index in [2.05, 4.69) is 15.3 Å². The van der Waals surface area contributed by atoms with Gasteiger partial charge in [0.25, 0.3) is 0 Å². The molecule has 138 valence electrons. The van der Waals surface area contributed by atoms with Crippen molar-refractivity contribution in [3.63, 3.8) is 0 Å². The number of fused-ring (bicyclic) bond motifs is 1. The third-order valence-corrected chi connectivity index (χ3v) is 4.20. The van der Waals surface area contributed by atoms with Gasteiger partial charge in [0.2, 0.25) is 11.7 Å². The van der Waals surface area contributed by atoms with Crippen LogP contribution in [0.2, 0.25) is 0 Å². The van der Waals surface area contributed by atoms with Gasteiger partial charge in [0.1, 0.15) is 5.75 Å². The highest BCUT2D eigenvalue weighted by atomic mass is 16.5. The van der Waals surface area contributed by atoms with E-state index in [0.29, 0.717) is 11.5 Å². The van der Waals surface area contributed by atoms with Crippen LogP contribution in [0.3, 0.4) is 0 Å². The number of carbonyl (C=O) groups excluding carboxylic acids is 1. The zero-order chi connectivity index (χ0) is 19.3. The first-order valence-corrected chi connectivity index (χ1v) is 8.74. The van der Waals surface area contributed by atoms with E-state index in [0.717, 1.165) is 22.6 Å². The smallest absolute Gasteiger partial charge is 0.248 e. The van der Waals surface area contributed by atoms with Crippen molar-refractivity contribution in [2.45, 2.75) is 0 Å². The number of methoxy groups -OCH3 is 1. The largest absolute Gasteiger partial charge is 0.497 e. The molecule has 2 aromatic heterocycles. The molecule has 4 aromatic rings. The summed E-state index contributed by atoms with van der Waals surface area (Å²) in [4.78, 5) is 21.0. The summed E-state index contributed by atoms with van der Waals surface area (Å²) in [5.74, 6) is 1.21. The summed E-state index contributed by atoms with van der Waals surface area (Å²) in [6.07, 6.45) is 8.77. The first-order chi connectivity index (χ1) is 13.7. The van der Waals surface area contributed by atoms with Crippen LogP contribution in [0.4, 0.5) is 5.69 Å². The quantitative estimate of drug-likeness (QED) is 0.538. The third-order valence-electron chi connectivity index (χ3n) is 4.20. The lowest BCUT2D eigenvalue weighted by Crippen LogP contribution is -2.07. The Morgan fingerprint density at radius 2 is 2.00 bits per heavy atom. The van der Waals surface area contributed by atoms with Crippen molar-refractivity contribution in [2.24, 2.45) is 0 Å². The molecule has 0 atom stereocenters. The normalized spacial score (nSPS) is 11.0. The molecule has 2 heterocycles. The van der Waals surface area contributed by atoms with E-state index >= 15 is 0 Å². The average molecular weight is 370 g/mol. The number of amides is 1. The minimum Gasteiger partial charge on any atom is -0.497 e. The van der Waals surface area contributed by atoms with Crippen molar-refractivity contribution in [2.75, 3.05) is 12.4 Å². The summed E-state index contributed by atoms with van der Waals surface area (Å²) in [5, 5.41) is 2.88. The van der Waals surface area contributed by atoms with Crippen LogP contribution in [0.25, 0.3) is 23.1 Å². The first-order valence-electron chi connectivity index (χ1n) is 8.74. The maximum atomic E-state index is 12.2. The minimum absolute atomic E-state index is 0.204. The van der Waals surface area contributed by atoms with Gasteiger partial charge in [0.05, 0.1) is 12.8 Å². The molecule has 0 aliphatic rings. The average Bonchev–Trinajstić information content (AvgIpc) is 3.17. The molecule has 0 bridgehead atoms. The molecular formula is C22H18N4O2. The highest BCUT2D eigenvalue weighted by Crippen LogP contribution is 2.22. The van der Waals surface area contributed by atoms with Gasteiger partial charge in [-0.15, -0.1) is 0 Å². The van der Waals surface area contributed by atoms with Crippen molar-refractivity contribution >= 4 is 23.4 Å². The summed E-state index contributed by atoms with van der Waals surface area (Å²) in [6.45, 7) is 0. The fraction of sp³-hybridized carbons (Fsp3) is 0.0455. The van der Waals surface area contributed by atoms with Crippen molar-refractivity contribution in [3.8, 4) is 17.0 Å². The predicted molar refractivity (Wildman–Crippen MR) is 109 cm³/mol. The molecule has 0 aliphatic carbocycles. The molecule has 0 spiro atoms. The van der Waals surface area contributed by atoms with Crippen LogP contribution >= 0.6 is 0 Å². The highest BCUT2D eigenvalue weighted by molar-refractivity contribution is 6.02. The second-order valence-electron chi connectivity index (χ2n) is 6.13. The Hall–Kier alpha value is -3.93. The van der Waals surface area contributed by atoms with Crippen LogP contribution in [0.5, 0.6) is 5.75 Å². The third kappa shape index (κ3) is 3.91. The molecule has 4 rings (SSSR count). The molecule has 0 fully saturated rings. The molecule has 0 saturated heterocycles. The monoisotopic (exact) mass is 370 g/mol. The molecule has 0 aliphatic heterocycles. The van der Waals surface area contributed by atoms with Crippen LogP contribution in [0, 0.1) is 0 Å². The van der Waals surface area contributed by atoms with E-state index in [9.17, 15) is 4.79 Å². The van der Waals surface area contributed by atoms with E-state index < -0.39 is 0 Å². The van der Waals surface area contributed by atoms with Gasteiger partial charge in [0, 0.05) is 35.9 Å². The Bertz CT molecular complexity index is 1110. The number of imidazole rings is 1. The van der Waals surface area contributed by atoms with Gasteiger partial charge in [0.15, 0.2) is 0 Å². The van der Waals surface area contributed by atoms with Gasteiger partial charge in [-0.2, -0.15) is 0 Å². The molecule has 0 unspecified atom stereocenters. The van der Waals surface area contributed by atoms with Crippen molar-refractivity contribution in [3.05, 3.63) is 84.8 Å². The van der Waals surface area contributed by atoms with E-state index in [-0.39, 0.29) is 5.91 Å². The molecule has 6 heteroatoms. The second-order valence-corrected chi connectivity index (χ2v) is 6.13. The molecule has 0 radical (unpaired) electrons. The fourth-order valence-corrected chi connectivity index (χ4v) is 2.80. The Morgan fingerprint density at radius 1 is 1.14 bits per heavy atom. The fourth-order valence-electron chi connectivity index (χ4n) is 2.80. The van der Waals surface area contributed by atoms with E-state index in [4.69, 9.17) is 4.74 Å². The molecule has 1 amide bonds. The summed E-state index contributed by atoms with van der Waals surface area (Å²) < 4.78 is 6.99. The number of nitrogens with zero attached hydrogens (tertiary/aromatic N) is 3. The molecule has 6 nitrogen and oxygen atoms in total. The summed E-state index contributed by atoms with van der Waals surface area (Å²) in [5.41, 5.74) is 3.32. The number of rotatable bonds is 5. The Labute approximate surface area is 162 Å². The predicted octanol–water partition coefficient (Wildman–Crippen LogP) is 4.06. The number of aromatic nitrogens is 3. The maximum Gasteiger partial charge on any atom is 0.248 e. The SMILES string of the molecule is COc1ccc(/C=C/C(=O)Nc2cccc(-c3cn4cccnc4n3)c2)cc1. The van der Waals surface area contributed by atoms with Crippen LogP contribution in [-0.2, 0) is 4.79 Å². The van der Waals surface area contributed by atoms with Crippen LogP contribution < -0.4 is 10.1 Å². The summed E-state index contributed by atoms with van der Waals surface area (Å²) >= 11 is 0. The van der Waals surface area contributed by atoms with Gasteiger partial charge < -0.3 is 10.1 Å². The second kappa shape index (κ2) is 7.75. The van der Waals surface area contributed by atoms with Gasteiger partial charge >= 0.3 is 0 Å². The van der Waals surface area contributed by atoms with Gasteiger partial charge in [-0.25, -0.2) is 9.97 Å². The number of anilines is 1. The molecule has 28 heavy (non-hydrogen) atoms. The standard InChI is InChI=1S/C22H18N4O2/c1-28-19-9-6-16(7-10-19)8-11-21(27)24-18-5-2-4-17(14-18)20-15-26-13-3-12-23-22(26)25-20/h2-15H,1H3,(H,24,27)/b11-8+. The number of hydrogen-bond acceptors (Lipinski definition) is 4. The zero-order valence-corrected chi connectivity index (χ0v) is 15.2. The van der Waals surface area contributed by atoms with Crippen molar-refractivity contribution < 1.29 is 9.53 Å². The van der Waals surface area contributed by atoms with Crippen molar-refractivity contribution in [1.29, 1.82) is 0 Å². The Morgan fingerprint density at radius 3 is 2.79 bits per heavy atom. The highest BCUT2D eigenvalue weighted by Gasteiger charge is 2.06. The first kappa shape index (κ1) is 17.5. The van der Waals surface area contributed by atoms with E-state index in [1.54, 1.807) is 19.4 Å². The van der Waals surface area contributed by atoms with Gasteiger partial charge in [-0.1, -0.05) is 24.3 Å². The van der Waals surface area contributed by atoms with Crippen molar-refractivity contribution in [1.82, 2.24) is 14.4 Å². The molecule has 0 saturated carbocycles. The van der Waals surface area contributed by atoms with Gasteiger partial charge in [-0.3, -0.25) is 9.20 Å².